The van der Waals surface area contributed by atoms with Gasteiger partial charge in [0.25, 0.3) is 11.8 Å². The molecule has 0 radical (unpaired) electrons. The van der Waals surface area contributed by atoms with Gasteiger partial charge in [-0.25, -0.2) is 4.39 Å². The van der Waals surface area contributed by atoms with Gasteiger partial charge in [-0.05, 0) is 43.0 Å². The molecule has 1 aliphatic heterocycles. The summed E-state index contributed by atoms with van der Waals surface area (Å²) in [6.45, 7) is 3.70. The molecule has 1 amide bonds. The van der Waals surface area contributed by atoms with Crippen molar-refractivity contribution in [3.8, 4) is 22.8 Å². The summed E-state index contributed by atoms with van der Waals surface area (Å²) in [4.78, 5) is 19.2. The van der Waals surface area contributed by atoms with Crippen molar-refractivity contribution in [1.29, 1.82) is 0 Å². The highest BCUT2D eigenvalue weighted by Crippen LogP contribution is 2.28. The Hall–Kier alpha value is -3.02. The lowest BCUT2D eigenvalue weighted by atomic mass is 9.98. The Balaban J connectivity index is 1.66. The van der Waals surface area contributed by atoms with Gasteiger partial charge in [0, 0.05) is 13.1 Å². The van der Waals surface area contributed by atoms with Gasteiger partial charge in [0.05, 0.1) is 16.7 Å². The molecule has 0 aliphatic carbocycles. The topological polar surface area (TPSA) is 59.2 Å². The number of benzene rings is 2. The number of carbonyl (C=O) groups excluding carboxylic acids is 1. The number of hydrogen-bond donors (Lipinski definition) is 0. The molecule has 2 heterocycles. The van der Waals surface area contributed by atoms with E-state index in [0.29, 0.717) is 17.0 Å². The van der Waals surface area contributed by atoms with Gasteiger partial charge < -0.3 is 9.42 Å². The summed E-state index contributed by atoms with van der Waals surface area (Å²) < 4.78 is 19.3. The van der Waals surface area contributed by atoms with Gasteiger partial charge in [0.15, 0.2) is 0 Å². The first-order valence-corrected chi connectivity index (χ1v) is 9.11. The van der Waals surface area contributed by atoms with E-state index in [1.165, 1.54) is 6.07 Å². The standard InChI is InChI=1S/C21H20FN3O2/c1-14-10-12-25(13-11-14)21(26)16-7-3-2-6-15(16)20-23-19(24-27-20)17-8-4-5-9-18(17)22/h2-9,14H,10-13H2,1H3. The van der Waals surface area contributed by atoms with E-state index in [0.717, 1.165) is 25.9 Å². The Morgan fingerprint density at radius 2 is 1.74 bits per heavy atom. The van der Waals surface area contributed by atoms with Crippen LogP contribution < -0.4 is 0 Å². The second kappa shape index (κ2) is 7.31. The van der Waals surface area contributed by atoms with Gasteiger partial charge in [-0.15, -0.1) is 0 Å². The first-order chi connectivity index (χ1) is 13.1. The van der Waals surface area contributed by atoms with Crippen molar-refractivity contribution in [2.45, 2.75) is 19.8 Å². The Bertz CT molecular complexity index is 961. The molecule has 27 heavy (non-hydrogen) atoms. The molecule has 138 valence electrons. The molecule has 2 aromatic carbocycles. The van der Waals surface area contributed by atoms with Gasteiger partial charge in [-0.1, -0.05) is 36.3 Å². The lowest BCUT2D eigenvalue weighted by Crippen LogP contribution is -2.38. The van der Waals surface area contributed by atoms with Crippen molar-refractivity contribution in [3.05, 3.63) is 59.9 Å². The van der Waals surface area contributed by atoms with Crippen LogP contribution in [-0.4, -0.2) is 34.0 Å². The van der Waals surface area contributed by atoms with Crippen LogP contribution in [-0.2, 0) is 0 Å². The van der Waals surface area contributed by atoms with Gasteiger partial charge in [0.2, 0.25) is 5.82 Å². The minimum atomic E-state index is -0.420. The predicted octanol–water partition coefficient (Wildman–Crippen LogP) is 4.41. The van der Waals surface area contributed by atoms with Crippen molar-refractivity contribution in [2.75, 3.05) is 13.1 Å². The molecule has 0 spiro atoms. The van der Waals surface area contributed by atoms with Crippen LogP contribution in [0.5, 0.6) is 0 Å². The molecule has 1 saturated heterocycles. The maximum Gasteiger partial charge on any atom is 0.259 e. The summed E-state index contributed by atoms with van der Waals surface area (Å²) in [5.74, 6) is 0.558. The fourth-order valence-electron chi connectivity index (χ4n) is 3.32. The van der Waals surface area contributed by atoms with Crippen LogP contribution in [0.4, 0.5) is 4.39 Å². The lowest BCUT2D eigenvalue weighted by molar-refractivity contribution is 0.0697. The zero-order valence-corrected chi connectivity index (χ0v) is 15.1. The van der Waals surface area contributed by atoms with E-state index in [9.17, 15) is 9.18 Å². The summed E-state index contributed by atoms with van der Waals surface area (Å²) in [7, 11) is 0. The van der Waals surface area contributed by atoms with Gasteiger partial charge in [-0.3, -0.25) is 4.79 Å². The van der Waals surface area contributed by atoms with Crippen LogP contribution in [0.25, 0.3) is 22.8 Å². The molecule has 0 bridgehead atoms. The summed E-state index contributed by atoms with van der Waals surface area (Å²) in [6.07, 6.45) is 2.01. The van der Waals surface area contributed by atoms with Crippen molar-refractivity contribution in [2.24, 2.45) is 5.92 Å². The monoisotopic (exact) mass is 365 g/mol. The number of halogens is 1. The van der Waals surface area contributed by atoms with E-state index in [1.807, 2.05) is 17.0 Å². The molecular weight excluding hydrogens is 345 g/mol. The van der Waals surface area contributed by atoms with E-state index < -0.39 is 5.82 Å². The van der Waals surface area contributed by atoms with E-state index in [1.54, 1.807) is 30.3 Å². The molecule has 5 nitrogen and oxygen atoms in total. The molecular formula is C21H20FN3O2. The molecule has 1 aliphatic rings. The number of hydrogen-bond acceptors (Lipinski definition) is 4. The van der Waals surface area contributed by atoms with Crippen molar-refractivity contribution >= 4 is 5.91 Å². The van der Waals surface area contributed by atoms with Crippen molar-refractivity contribution in [1.82, 2.24) is 15.0 Å². The minimum absolute atomic E-state index is 0.0388. The van der Waals surface area contributed by atoms with Gasteiger partial charge in [-0.2, -0.15) is 4.98 Å². The summed E-state index contributed by atoms with van der Waals surface area (Å²) in [5, 5.41) is 3.90. The zero-order chi connectivity index (χ0) is 18.8. The zero-order valence-electron chi connectivity index (χ0n) is 15.1. The Morgan fingerprint density at radius 1 is 1.07 bits per heavy atom. The number of carbonyl (C=O) groups is 1. The minimum Gasteiger partial charge on any atom is -0.339 e. The van der Waals surface area contributed by atoms with Crippen LogP contribution in [0.2, 0.25) is 0 Å². The van der Waals surface area contributed by atoms with Crippen LogP contribution in [0.1, 0.15) is 30.1 Å². The number of nitrogens with zero attached hydrogens (tertiary/aromatic N) is 3. The fourth-order valence-corrected chi connectivity index (χ4v) is 3.32. The van der Waals surface area contributed by atoms with E-state index in [2.05, 4.69) is 17.1 Å². The Kier molecular flexibility index (Phi) is 4.71. The molecule has 0 saturated carbocycles. The Labute approximate surface area is 156 Å². The quantitative estimate of drug-likeness (QED) is 0.690. The molecule has 0 N–H and O–H groups in total. The molecule has 6 heteroatoms. The number of likely N-dealkylation sites (tertiary alicyclic amines) is 1. The molecule has 0 atom stereocenters. The highest BCUT2D eigenvalue weighted by molar-refractivity contribution is 6.00. The van der Waals surface area contributed by atoms with E-state index in [-0.39, 0.29) is 23.2 Å². The Morgan fingerprint density at radius 3 is 2.48 bits per heavy atom. The second-order valence-corrected chi connectivity index (χ2v) is 6.92. The summed E-state index contributed by atoms with van der Waals surface area (Å²) in [5.41, 5.74) is 1.35. The third-order valence-electron chi connectivity index (χ3n) is 5.00. The fraction of sp³-hybridized carbons (Fsp3) is 0.286. The maximum absolute atomic E-state index is 14.0. The highest BCUT2D eigenvalue weighted by atomic mass is 19.1. The van der Waals surface area contributed by atoms with Crippen LogP contribution in [0.3, 0.4) is 0 Å². The molecule has 1 aromatic heterocycles. The normalized spacial score (nSPS) is 15.1. The number of piperidine rings is 1. The molecule has 3 aromatic rings. The van der Waals surface area contributed by atoms with Crippen LogP contribution >= 0.6 is 0 Å². The number of amides is 1. The first-order valence-electron chi connectivity index (χ1n) is 9.11. The largest absolute Gasteiger partial charge is 0.339 e. The average molecular weight is 365 g/mol. The number of aromatic nitrogens is 2. The third-order valence-corrected chi connectivity index (χ3v) is 5.00. The van der Waals surface area contributed by atoms with Gasteiger partial charge >= 0.3 is 0 Å². The van der Waals surface area contributed by atoms with Crippen molar-refractivity contribution in [3.63, 3.8) is 0 Å². The SMILES string of the molecule is CC1CCN(C(=O)c2ccccc2-c2nc(-c3ccccc3F)no2)CC1. The third kappa shape index (κ3) is 3.47. The second-order valence-electron chi connectivity index (χ2n) is 6.92. The maximum atomic E-state index is 14.0. The molecule has 0 unspecified atom stereocenters. The molecule has 4 rings (SSSR count). The summed E-state index contributed by atoms with van der Waals surface area (Å²) >= 11 is 0. The highest BCUT2D eigenvalue weighted by Gasteiger charge is 2.25. The van der Waals surface area contributed by atoms with E-state index >= 15 is 0 Å². The average Bonchev–Trinajstić information content (AvgIpc) is 3.18. The smallest absolute Gasteiger partial charge is 0.259 e. The molecule has 1 fully saturated rings. The summed E-state index contributed by atoms with van der Waals surface area (Å²) in [6, 6.07) is 13.4. The van der Waals surface area contributed by atoms with Crippen LogP contribution in [0, 0.1) is 11.7 Å². The lowest BCUT2D eigenvalue weighted by Gasteiger charge is -2.30. The van der Waals surface area contributed by atoms with Crippen LogP contribution in [0.15, 0.2) is 53.1 Å². The van der Waals surface area contributed by atoms with E-state index in [4.69, 9.17) is 4.52 Å². The number of rotatable bonds is 3. The first kappa shape index (κ1) is 17.4. The predicted molar refractivity (Wildman–Crippen MR) is 99.4 cm³/mol. The van der Waals surface area contributed by atoms with Crippen molar-refractivity contribution < 1.29 is 13.7 Å². The van der Waals surface area contributed by atoms with Gasteiger partial charge in [0.1, 0.15) is 5.82 Å².